The molecular weight excluding hydrogens is 280 g/mol. The molecule has 5 heteroatoms. The molecule has 2 fully saturated rings. The van der Waals surface area contributed by atoms with Gasteiger partial charge in [-0.1, -0.05) is 6.92 Å². The molecule has 1 atom stereocenters. The maximum absolute atomic E-state index is 4.63. The lowest BCUT2D eigenvalue weighted by atomic mass is 10.0. The largest absolute Gasteiger partial charge is 0.314 e. The molecule has 1 aromatic rings. The highest BCUT2D eigenvalue weighted by atomic mass is 32.1. The first-order valence-electron chi connectivity index (χ1n) is 8.38. The van der Waals surface area contributed by atoms with Gasteiger partial charge in [0.25, 0.3) is 0 Å². The first-order valence-corrected chi connectivity index (χ1v) is 9.20. The van der Waals surface area contributed by atoms with Crippen LogP contribution >= 0.6 is 11.3 Å². The third-order valence-electron chi connectivity index (χ3n) is 4.57. The van der Waals surface area contributed by atoms with E-state index in [2.05, 4.69) is 33.2 Å². The third kappa shape index (κ3) is 4.74. The Morgan fingerprint density at radius 2 is 2.14 bits per heavy atom. The predicted octanol–water partition coefficient (Wildman–Crippen LogP) is 1.82. The monoisotopic (exact) mass is 308 g/mol. The fraction of sp³-hybridized carbons (Fsp3) is 0.812. The Labute approximate surface area is 132 Å². The number of nitrogens with one attached hydrogen (secondary N) is 1. The quantitative estimate of drug-likeness (QED) is 0.899. The van der Waals surface area contributed by atoms with Crippen molar-refractivity contribution in [3.63, 3.8) is 0 Å². The zero-order valence-corrected chi connectivity index (χ0v) is 14.0. The van der Waals surface area contributed by atoms with Gasteiger partial charge in [0.15, 0.2) is 0 Å². The zero-order valence-electron chi connectivity index (χ0n) is 13.2. The summed E-state index contributed by atoms with van der Waals surface area (Å²) in [6, 6.07) is 0. The van der Waals surface area contributed by atoms with Crippen LogP contribution in [0.25, 0.3) is 0 Å². The molecule has 118 valence electrons. The summed E-state index contributed by atoms with van der Waals surface area (Å²) in [5.74, 6) is 0.873. The van der Waals surface area contributed by atoms with Crippen LogP contribution in [0, 0.1) is 5.92 Å². The van der Waals surface area contributed by atoms with E-state index in [9.17, 15) is 0 Å². The molecule has 2 aliphatic heterocycles. The van der Waals surface area contributed by atoms with Crippen molar-refractivity contribution in [1.29, 1.82) is 0 Å². The van der Waals surface area contributed by atoms with E-state index in [0.29, 0.717) is 0 Å². The minimum Gasteiger partial charge on any atom is -0.314 e. The van der Waals surface area contributed by atoms with Gasteiger partial charge < -0.3 is 10.2 Å². The van der Waals surface area contributed by atoms with Gasteiger partial charge in [0.1, 0.15) is 0 Å². The number of thiazole rings is 1. The Hall–Kier alpha value is -0.490. The van der Waals surface area contributed by atoms with Crippen molar-refractivity contribution in [3.05, 3.63) is 16.1 Å². The topological polar surface area (TPSA) is 31.4 Å². The summed E-state index contributed by atoms with van der Waals surface area (Å²) >= 11 is 1.92. The van der Waals surface area contributed by atoms with Crippen LogP contribution in [0.4, 0.5) is 0 Å². The summed E-state index contributed by atoms with van der Waals surface area (Å²) in [4.78, 5) is 11.2. The molecule has 3 rings (SSSR count). The van der Waals surface area contributed by atoms with Crippen LogP contribution in [0.2, 0.25) is 0 Å². The van der Waals surface area contributed by atoms with Gasteiger partial charge in [-0.25, -0.2) is 4.98 Å². The Bertz CT molecular complexity index is 428. The molecular formula is C16H28N4S. The van der Waals surface area contributed by atoms with E-state index in [1.54, 1.807) is 0 Å². The second-order valence-electron chi connectivity index (χ2n) is 6.54. The molecule has 21 heavy (non-hydrogen) atoms. The van der Waals surface area contributed by atoms with E-state index in [1.165, 1.54) is 55.5 Å². The Balaban J connectivity index is 1.44. The van der Waals surface area contributed by atoms with E-state index in [-0.39, 0.29) is 0 Å². The van der Waals surface area contributed by atoms with Crippen LogP contribution in [-0.4, -0.2) is 60.6 Å². The standard InChI is InChI=1S/C16H28N4S/c1-14-3-2-7-19(12-14)8-4-16-18-11-15(21-16)13-20-9-5-17-6-10-20/h11,14,17H,2-10,12-13H2,1H3. The van der Waals surface area contributed by atoms with E-state index in [0.717, 1.165) is 32.0 Å². The Morgan fingerprint density at radius 1 is 1.29 bits per heavy atom. The maximum Gasteiger partial charge on any atom is 0.0940 e. The number of hydrogen-bond donors (Lipinski definition) is 1. The summed E-state index contributed by atoms with van der Waals surface area (Å²) < 4.78 is 0. The molecule has 3 heterocycles. The normalized spacial score (nSPS) is 25.3. The molecule has 2 aliphatic rings. The summed E-state index contributed by atoms with van der Waals surface area (Å²) in [5, 5.41) is 4.72. The Morgan fingerprint density at radius 3 is 2.95 bits per heavy atom. The van der Waals surface area contributed by atoms with E-state index >= 15 is 0 Å². The number of piperazine rings is 1. The molecule has 1 aromatic heterocycles. The zero-order chi connectivity index (χ0) is 14.5. The smallest absolute Gasteiger partial charge is 0.0940 e. The van der Waals surface area contributed by atoms with Gasteiger partial charge in [-0.15, -0.1) is 11.3 Å². The lowest BCUT2D eigenvalue weighted by molar-refractivity contribution is 0.186. The Kier molecular flexibility index (Phi) is 5.63. The first kappa shape index (κ1) is 15.4. The number of hydrogen-bond acceptors (Lipinski definition) is 5. The van der Waals surface area contributed by atoms with Gasteiger partial charge >= 0.3 is 0 Å². The van der Waals surface area contributed by atoms with Crippen molar-refractivity contribution in [2.45, 2.75) is 32.7 Å². The second kappa shape index (κ2) is 7.68. The highest BCUT2D eigenvalue weighted by Crippen LogP contribution is 2.19. The SMILES string of the molecule is CC1CCCN(CCc2ncc(CN3CCNCC3)s2)C1. The fourth-order valence-corrected chi connectivity index (χ4v) is 4.32. The van der Waals surface area contributed by atoms with Gasteiger partial charge in [-0.2, -0.15) is 0 Å². The van der Waals surface area contributed by atoms with Crippen LogP contribution in [0.3, 0.4) is 0 Å². The summed E-state index contributed by atoms with van der Waals surface area (Å²) in [6.07, 6.45) is 6.00. The van der Waals surface area contributed by atoms with Crippen LogP contribution in [0.1, 0.15) is 29.7 Å². The van der Waals surface area contributed by atoms with Crippen LogP contribution in [-0.2, 0) is 13.0 Å². The van der Waals surface area contributed by atoms with Crippen LogP contribution in [0.5, 0.6) is 0 Å². The minimum absolute atomic E-state index is 0.873. The van der Waals surface area contributed by atoms with E-state index in [1.807, 2.05) is 11.3 Å². The average Bonchev–Trinajstić information content (AvgIpc) is 2.94. The minimum atomic E-state index is 0.873. The second-order valence-corrected chi connectivity index (χ2v) is 7.74. The average molecular weight is 308 g/mol. The summed E-state index contributed by atoms with van der Waals surface area (Å²) in [6.45, 7) is 11.8. The first-order chi connectivity index (χ1) is 10.3. The fourth-order valence-electron chi connectivity index (χ4n) is 3.37. The molecule has 0 radical (unpaired) electrons. The summed E-state index contributed by atoms with van der Waals surface area (Å²) in [5.41, 5.74) is 0. The highest BCUT2D eigenvalue weighted by molar-refractivity contribution is 7.11. The van der Waals surface area contributed by atoms with Gasteiger partial charge in [0, 0.05) is 63.3 Å². The van der Waals surface area contributed by atoms with Crippen LogP contribution < -0.4 is 5.32 Å². The number of rotatable bonds is 5. The van der Waals surface area contributed by atoms with Crippen LogP contribution in [0.15, 0.2) is 6.20 Å². The third-order valence-corrected chi connectivity index (χ3v) is 5.62. The van der Waals surface area contributed by atoms with Gasteiger partial charge in [-0.3, -0.25) is 4.90 Å². The van der Waals surface area contributed by atoms with Crippen molar-refractivity contribution in [2.24, 2.45) is 5.92 Å². The van der Waals surface area contributed by atoms with E-state index < -0.39 is 0 Å². The summed E-state index contributed by atoms with van der Waals surface area (Å²) in [7, 11) is 0. The number of aromatic nitrogens is 1. The predicted molar refractivity (Wildman–Crippen MR) is 88.8 cm³/mol. The lowest BCUT2D eigenvalue weighted by Gasteiger charge is -2.30. The number of piperidine rings is 1. The maximum atomic E-state index is 4.63. The molecule has 0 spiro atoms. The van der Waals surface area contributed by atoms with Gasteiger partial charge in [-0.05, 0) is 25.3 Å². The van der Waals surface area contributed by atoms with Crippen molar-refractivity contribution >= 4 is 11.3 Å². The number of likely N-dealkylation sites (tertiary alicyclic amines) is 1. The van der Waals surface area contributed by atoms with Gasteiger partial charge in [0.05, 0.1) is 5.01 Å². The molecule has 0 aromatic carbocycles. The molecule has 1 unspecified atom stereocenters. The molecule has 2 saturated heterocycles. The molecule has 0 amide bonds. The molecule has 1 N–H and O–H groups in total. The number of nitrogens with zero attached hydrogens (tertiary/aromatic N) is 3. The molecule has 4 nitrogen and oxygen atoms in total. The van der Waals surface area contributed by atoms with Crippen molar-refractivity contribution in [2.75, 3.05) is 45.8 Å². The lowest BCUT2D eigenvalue weighted by Crippen LogP contribution is -2.42. The van der Waals surface area contributed by atoms with Crippen molar-refractivity contribution in [3.8, 4) is 0 Å². The van der Waals surface area contributed by atoms with Crippen molar-refractivity contribution < 1.29 is 0 Å². The molecule has 0 saturated carbocycles. The molecule has 0 aliphatic carbocycles. The highest BCUT2D eigenvalue weighted by Gasteiger charge is 2.16. The van der Waals surface area contributed by atoms with Gasteiger partial charge in [0.2, 0.25) is 0 Å². The van der Waals surface area contributed by atoms with E-state index in [4.69, 9.17) is 0 Å². The van der Waals surface area contributed by atoms with Crippen molar-refractivity contribution in [1.82, 2.24) is 20.1 Å². The molecule has 0 bridgehead atoms.